The van der Waals surface area contributed by atoms with Crippen LogP contribution in [0.5, 0.6) is 0 Å². The highest BCUT2D eigenvalue weighted by Crippen LogP contribution is 2.36. The lowest BCUT2D eigenvalue weighted by atomic mass is 9.86. The van der Waals surface area contributed by atoms with Gasteiger partial charge in [0, 0.05) is 5.56 Å². The van der Waals surface area contributed by atoms with Gasteiger partial charge in [-0.05, 0) is 65.0 Å². The van der Waals surface area contributed by atoms with Crippen LogP contribution in [-0.2, 0) is 6.42 Å². The van der Waals surface area contributed by atoms with E-state index in [-0.39, 0.29) is 5.92 Å². The Morgan fingerprint density at radius 3 is 2.00 bits per heavy atom. The van der Waals surface area contributed by atoms with Crippen LogP contribution in [0.4, 0.5) is 8.78 Å². The van der Waals surface area contributed by atoms with Crippen molar-refractivity contribution in [2.75, 3.05) is 0 Å². The Labute approximate surface area is 192 Å². The maximum atomic E-state index is 15.4. The van der Waals surface area contributed by atoms with Crippen LogP contribution in [-0.4, -0.2) is 0 Å². The second-order valence-corrected chi connectivity index (χ2v) is 9.16. The van der Waals surface area contributed by atoms with Crippen molar-refractivity contribution < 1.29 is 8.78 Å². The molecule has 0 fully saturated rings. The molecular formula is C30H36F2. The Kier molecular flexibility index (Phi) is 8.61. The molecule has 0 aliphatic rings. The third-order valence-corrected chi connectivity index (χ3v) is 6.72. The standard InChI is InChI=1S/C30H36F2/c1-5-11-22(4)27-20-28(30(32)29(31)26(27)15-10-12-21(3)6-2)25-18-16-24(17-19-25)23-13-8-7-9-14-23/h7-9,13-14,16-22H,5-6,10-12,15H2,1-4H3. The zero-order valence-electron chi connectivity index (χ0n) is 19.9. The second-order valence-electron chi connectivity index (χ2n) is 9.16. The summed E-state index contributed by atoms with van der Waals surface area (Å²) < 4.78 is 30.7. The minimum absolute atomic E-state index is 0.205. The molecule has 170 valence electrons. The maximum absolute atomic E-state index is 15.4. The fourth-order valence-corrected chi connectivity index (χ4v) is 4.48. The van der Waals surface area contributed by atoms with Gasteiger partial charge in [0.2, 0.25) is 0 Å². The van der Waals surface area contributed by atoms with Crippen molar-refractivity contribution in [3.05, 3.63) is 83.4 Å². The molecule has 0 radical (unpaired) electrons. The van der Waals surface area contributed by atoms with Crippen molar-refractivity contribution in [3.8, 4) is 22.3 Å². The normalized spacial score (nSPS) is 13.2. The van der Waals surface area contributed by atoms with Gasteiger partial charge in [-0.25, -0.2) is 8.78 Å². The molecule has 0 spiro atoms. The van der Waals surface area contributed by atoms with Gasteiger partial charge in [0.1, 0.15) is 0 Å². The summed E-state index contributed by atoms with van der Waals surface area (Å²) in [5, 5.41) is 0. The molecule has 2 heteroatoms. The lowest BCUT2D eigenvalue weighted by Gasteiger charge is -2.20. The van der Waals surface area contributed by atoms with E-state index in [9.17, 15) is 0 Å². The molecule has 3 aromatic carbocycles. The van der Waals surface area contributed by atoms with E-state index in [1.165, 1.54) is 0 Å². The largest absolute Gasteiger partial charge is 0.203 e. The van der Waals surface area contributed by atoms with Gasteiger partial charge >= 0.3 is 0 Å². The van der Waals surface area contributed by atoms with Gasteiger partial charge in [0.25, 0.3) is 0 Å². The highest BCUT2D eigenvalue weighted by atomic mass is 19.2. The highest BCUT2D eigenvalue weighted by molar-refractivity contribution is 5.71. The third kappa shape index (κ3) is 5.65. The first kappa shape index (κ1) is 24.2. The van der Waals surface area contributed by atoms with Crippen LogP contribution in [0.25, 0.3) is 22.3 Å². The monoisotopic (exact) mass is 434 g/mol. The topological polar surface area (TPSA) is 0 Å². The van der Waals surface area contributed by atoms with Crippen molar-refractivity contribution in [1.29, 1.82) is 0 Å². The van der Waals surface area contributed by atoms with Gasteiger partial charge in [-0.1, -0.05) is 102 Å². The minimum atomic E-state index is -0.719. The van der Waals surface area contributed by atoms with Crippen molar-refractivity contribution >= 4 is 0 Å². The van der Waals surface area contributed by atoms with Crippen molar-refractivity contribution in [2.45, 2.75) is 72.1 Å². The molecule has 3 rings (SSSR count). The summed E-state index contributed by atoms with van der Waals surface area (Å²) in [5.41, 5.74) is 4.81. The smallest absolute Gasteiger partial charge is 0.166 e. The average Bonchev–Trinajstić information content (AvgIpc) is 2.82. The van der Waals surface area contributed by atoms with Crippen LogP contribution in [0.3, 0.4) is 0 Å². The van der Waals surface area contributed by atoms with Crippen LogP contribution < -0.4 is 0 Å². The predicted octanol–water partition coefficient (Wildman–Crippen LogP) is 9.57. The Balaban J connectivity index is 1.97. The van der Waals surface area contributed by atoms with E-state index in [4.69, 9.17) is 0 Å². The lowest BCUT2D eigenvalue weighted by Crippen LogP contribution is -2.07. The molecular weight excluding hydrogens is 398 g/mol. The first-order chi connectivity index (χ1) is 15.5. The van der Waals surface area contributed by atoms with E-state index < -0.39 is 11.6 Å². The molecule has 0 aromatic heterocycles. The van der Waals surface area contributed by atoms with Crippen LogP contribution >= 0.6 is 0 Å². The van der Waals surface area contributed by atoms with Crippen molar-refractivity contribution in [1.82, 2.24) is 0 Å². The Hall–Kier alpha value is -2.48. The molecule has 0 saturated heterocycles. The molecule has 32 heavy (non-hydrogen) atoms. The first-order valence-electron chi connectivity index (χ1n) is 12.1. The molecule has 3 aromatic rings. The number of benzene rings is 3. The molecule has 0 bridgehead atoms. The van der Waals surface area contributed by atoms with E-state index in [2.05, 4.69) is 27.7 Å². The zero-order chi connectivity index (χ0) is 23.1. The van der Waals surface area contributed by atoms with Gasteiger partial charge < -0.3 is 0 Å². The summed E-state index contributed by atoms with van der Waals surface area (Å²) in [7, 11) is 0. The van der Waals surface area contributed by atoms with Gasteiger partial charge in [-0.3, -0.25) is 0 Å². The molecule has 0 aliphatic carbocycles. The van der Waals surface area contributed by atoms with Crippen molar-refractivity contribution in [3.63, 3.8) is 0 Å². The molecule has 0 nitrogen and oxygen atoms in total. The van der Waals surface area contributed by atoms with E-state index in [1.807, 2.05) is 60.7 Å². The first-order valence-corrected chi connectivity index (χ1v) is 12.1. The summed E-state index contributed by atoms with van der Waals surface area (Å²) in [6.07, 6.45) is 5.64. The minimum Gasteiger partial charge on any atom is -0.203 e. The van der Waals surface area contributed by atoms with E-state index in [0.29, 0.717) is 23.5 Å². The maximum Gasteiger partial charge on any atom is 0.166 e. The van der Waals surface area contributed by atoms with Crippen molar-refractivity contribution in [2.24, 2.45) is 5.92 Å². The Bertz CT molecular complexity index is 990. The molecule has 0 saturated carbocycles. The number of hydrogen-bond acceptors (Lipinski definition) is 0. The predicted molar refractivity (Wildman–Crippen MR) is 133 cm³/mol. The summed E-state index contributed by atoms with van der Waals surface area (Å²) in [6.45, 7) is 8.68. The average molecular weight is 435 g/mol. The molecule has 0 aliphatic heterocycles. The van der Waals surface area contributed by atoms with Crippen LogP contribution in [0.1, 0.15) is 76.8 Å². The van der Waals surface area contributed by atoms with Crippen LogP contribution in [0, 0.1) is 17.6 Å². The Morgan fingerprint density at radius 2 is 1.38 bits per heavy atom. The van der Waals surface area contributed by atoms with Crippen LogP contribution in [0.2, 0.25) is 0 Å². The van der Waals surface area contributed by atoms with E-state index >= 15 is 8.78 Å². The highest BCUT2D eigenvalue weighted by Gasteiger charge is 2.22. The van der Waals surface area contributed by atoms with Gasteiger partial charge in [0.15, 0.2) is 11.6 Å². The Morgan fingerprint density at radius 1 is 0.750 bits per heavy atom. The quantitative estimate of drug-likeness (QED) is 0.298. The fourth-order valence-electron chi connectivity index (χ4n) is 4.48. The second kappa shape index (κ2) is 11.4. The summed E-state index contributed by atoms with van der Waals surface area (Å²) >= 11 is 0. The lowest BCUT2D eigenvalue weighted by molar-refractivity contribution is 0.472. The summed E-state index contributed by atoms with van der Waals surface area (Å²) in [4.78, 5) is 0. The summed E-state index contributed by atoms with van der Waals surface area (Å²) in [6, 6.07) is 19.8. The van der Waals surface area contributed by atoms with Gasteiger partial charge in [-0.2, -0.15) is 0 Å². The van der Waals surface area contributed by atoms with E-state index in [0.717, 1.165) is 54.4 Å². The molecule has 2 atom stereocenters. The zero-order valence-corrected chi connectivity index (χ0v) is 19.9. The molecule has 0 N–H and O–H groups in total. The molecule has 0 amide bonds. The van der Waals surface area contributed by atoms with Gasteiger partial charge in [0.05, 0.1) is 0 Å². The number of hydrogen-bond donors (Lipinski definition) is 0. The number of rotatable bonds is 10. The summed E-state index contributed by atoms with van der Waals surface area (Å²) in [5.74, 6) is -0.557. The SMILES string of the molecule is CCCC(C)c1cc(-c2ccc(-c3ccccc3)cc2)c(F)c(F)c1CCCC(C)CC. The molecule has 2 unspecified atom stereocenters. The third-order valence-electron chi connectivity index (χ3n) is 6.72. The van der Waals surface area contributed by atoms with Crippen LogP contribution in [0.15, 0.2) is 60.7 Å². The fraction of sp³-hybridized carbons (Fsp3) is 0.400. The molecule has 0 heterocycles. The van der Waals surface area contributed by atoms with Gasteiger partial charge in [-0.15, -0.1) is 0 Å². The number of halogens is 2. The van der Waals surface area contributed by atoms with E-state index in [1.54, 1.807) is 0 Å².